The minimum Gasteiger partial charge on any atom is -0.497 e. The molecule has 1 saturated heterocycles. The summed E-state index contributed by atoms with van der Waals surface area (Å²) >= 11 is 0. The fourth-order valence-electron chi connectivity index (χ4n) is 3.44. The van der Waals surface area contributed by atoms with Gasteiger partial charge in [-0.25, -0.2) is 13.1 Å². The third-order valence-corrected chi connectivity index (χ3v) is 6.69. The largest absolute Gasteiger partial charge is 0.497 e. The highest BCUT2D eigenvalue weighted by atomic mass is 32.2. The molecule has 0 atom stereocenters. The molecule has 1 aliphatic heterocycles. The van der Waals surface area contributed by atoms with E-state index in [9.17, 15) is 8.42 Å². The van der Waals surface area contributed by atoms with E-state index in [0.717, 1.165) is 31.9 Å². The number of anilines is 1. The first-order chi connectivity index (χ1) is 14.5. The van der Waals surface area contributed by atoms with E-state index in [1.807, 2.05) is 12.1 Å². The second-order valence-corrected chi connectivity index (χ2v) is 8.68. The molecule has 0 radical (unpaired) electrons. The van der Waals surface area contributed by atoms with Gasteiger partial charge in [-0.1, -0.05) is 0 Å². The normalized spacial score (nSPS) is 15.1. The van der Waals surface area contributed by atoms with Crippen LogP contribution >= 0.6 is 0 Å². The van der Waals surface area contributed by atoms with Gasteiger partial charge in [0.25, 0.3) is 0 Å². The number of ether oxygens (including phenoxy) is 3. The first-order valence-electron chi connectivity index (χ1n) is 9.80. The summed E-state index contributed by atoms with van der Waals surface area (Å²) in [4.78, 5) is 4.69. The van der Waals surface area contributed by atoms with Gasteiger partial charge in [0.05, 0.1) is 21.3 Å². The highest BCUT2D eigenvalue weighted by molar-refractivity contribution is 7.89. The Morgan fingerprint density at radius 1 is 0.867 bits per heavy atom. The summed E-state index contributed by atoms with van der Waals surface area (Å²) in [5.74, 6) is 1.65. The second kappa shape index (κ2) is 10.0. The van der Waals surface area contributed by atoms with Gasteiger partial charge in [-0.05, 0) is 36.4 Å². The molecule has 1 N–H and O–H groups in total. The third kappa shape index (κ3) is 5.35. The number of methoxy groups -OCH3 is 3. The Hall–Kier alpha value is -2.49. The van der Waals surface area contributed by atoms with Gasteiger partial charge in [0.2, 0.25) is 10.0 Å². The van der Waals surface area contributed by atoms with Crippen molar-refractivity contribution in [3.63, 3.8) is 0 Å². The maximum absolute atomic E-state index is 12.7. The van der Waals surface area contributed by atoms with Gasteiger partial charge in [-0.3, -0.25) is 4.90 Å². The molecule has 3 rings (SSSR count). The monoisotopic (exact) mass is 435 g/mol. The van der Waals surface area contributed by atoms with E-state index in [4.69, 9.17) is 14.2 Å². The predicted octanol–water partition coefficient (Wildman–Crippen LogP) is 1.81. The number of benzene rings is 2. The lowest BCUT2D eigenvalue weighted by molar-refractivity contribution is 0.262. The SMILES string of the molecule is COc1ccc(N2CCN(CCNS(=O)(=O)c3ccc(OC)cc3OC)CC2)cc1. The molecule has 1 fully saturated rings. The fraction of sp³-hybridized carbons (Fsp3) is 0.429. The minimum absolute atomic E-state index is 0.107. The molecule has 1 aliphatic rings. The summed E-state index contributed by atoms with van der Waals surface area (Å²) in [6, 6.07) is 12.7. The predicted molar refractivity (Wildman–Crippen MR) is 116 cm³/mol. The molecule has 30 heavy (non-hydrogen) atoms. The number of hydrogen-bond acceptors (Lipinski definition) is 7. The summed E-state index contributed by atoms with van der Waals surface area (Å²) in [5.41, 5.74) is 1.17. The second-order valence-electron chi connectivity index (χ2n) is 6.94. The summed E-state index contributed by atoms with van der Waals surface area (Å²) in [6.07, 6.45) is 0. The Morgan fingerprint density at radius 2 is 1.50 bits per heavy atom. The van der Waals surface area contributed by atoms with Crippen molar-refractivity contribution in [1.82, 2.24) is 9.62 Å². The Balaban J connectivity index is 1.50. The van der Waals surface area contributed by atoms with Crippen LogP contribution in [-0.2, 0) is 10.0 Å². The zero-order valence-corrected chi connectivity index (χ0v) is 18.4. The maximum Gasteiger partial charge on any atom is 0.244 e. The molecule has 0 aromatic heterocycles. The van der Waals surface area contributed by atoms with Crippen molar-refractivity contribution in [3.8, 4) is 17.2 Å². The van der Waals surface area contributed by atoms with Crippen LogP contribution in [0.5, 0.6) is 17.2 Å². The lowest BCUT2D eigenvalue weighted by Crippen LogP contribution is -2.48. The Kier molecular flexibility index (Phi) is 7.41. The zero-order valence-electron chi connectivity index (χ0n) is 17.6. The first-order valence-corrected chi connectivity index (χ1v) is 11.3. The molecule has 0 saturated carbocycles. The van der Waals surface area contributed by atoms with Crippen LogP contribution in [0.25, 0.3) is 0 Å². The molecule has 0 bridgehead atoms. The van der Waals surface area contributed by atoms with Crippen molar-refractivity contribution < 1.29 is 22.6 Å². The van der Waals surface area contributed by atoms with Gasteiger partial charge >= 0.3 is 0 Å². The van der Waals surface area contributed by atoms with E-state index >= 15 is 0 Å². The van der Waals surface area contributed by atoms with E-state index in [1.165, 1.54) is 26.0 Å². The molecular weight excluding hydrogens is 406 g/mol. The Labute approximate surface area is 178 Å². The minimum atomic E-state index is -3.67. The molecule has 9 heteroatoms. The summed E-state index contributed by atoms with van der Waals surface area (Å²) < 4.78 is 43.6. The molecule has 2 aromatic rings. The number of hydrogen-bond donors (Lipinski definition) is 1. The molecule has 0 unspecified atom stereocenters. The van der Waals surface area contributed by atoms with Gasteiger partial charge in [-0.15, -0.1) is 0 Å². The van der Waals surface area contributed by atoms with Crippen molar-refractivity contribution in [1.29, 1.82) is 0 Å². The lowest BCUT2D eigenvalue weighted by atomic mass is 10.2. The van der Waals surface area contributed by atoms with Crippen molar-refractivity contribution >= 4 is 15.7 Å². The van der Waals surface area contributed by atoms with Crippen LogP contribution in [0.3, 0.4) is 0 Å². The van der Waals surface area contributed by atoms with Crippen molar-refractivity contribution in [2.45, 2.75) is 4.90 Å². The molecule has 8 nitrogen and oxygen atoms in total. The quantitative estimate of drug-likeness (QED) is 0.643. The van der Waals surface area contributed by atoms with E-state index in [1.54, 1.807) is 19.2 Å². The highest BCUT2D eigenvalue weighted by Gasteiger charge is 2.21. The molecule has 0 amide bonds. The number of piperazine rings is 1. The number of rotatable bonds is 9. The van der Waals surface area contributed by atoms with E-state index in [-0.39, 0.29) is 10.6 Å². The zero-order chi connectivity index (χ0) is 21.6. The third-order valence-electron chi connectivity index (χ3n) is 5.19. The molecular formula is C21H29N3O5S. The van der Waals surface area contributed by atoms with E-state index < -0.39 is 10.0 Å². The summed E-state index contributed by atoms with van der Waals surface area (Å²) in [7, 11) is 0.955. The van der Waals surface area contributed by atoms with Gasteiger partial charge in [0.15, 0.2) is 0 Å². The summed E-state index contributed by atoms with van der Waals surface area (Å²) in [6.45, 7) is 4.52. The van der Waals surface area contributed by atoms with Crippen LogP contribution < -0.4 is 23.8 Å². The Bertz CT molecular complexity index is 926. The van der Waals surface area contributed by atoms with Crippen molar-refractivity contribution in [2.75, 3.05) is 65.5 Å². The molecule has 0 aliphatic carbocycles. The van der Waals surface area contributed by atoms with Gasteiger partial charge < -0.3 is 19.1 Å². The van der Waals surface area contributed by atoms with Crippen LogP contribution in [0.2, 0.25) is 0 Å². The maximum atomic E-state index is 12.7. The first kappa shape index (κ1) is 22.2. The van der Waals surface area contributed by atoms with Crippen LogP contribution in [0.1, 0.15) is 0 Å². The molecule has 1 heterocycles. The molecule has 164 valence electrons. The van der Waals surface area contributed by atoms with E-state index in [2.05, 4.69) is 26.7 Å². The van der Waals surface area contributed by atoms with Gasteiger partial charge in [0, 0.05) is 51.0 Å². The summed E-state index contributed by atoms with van der Waals surface area (Å²) in [5, 5.41) is 0. The lowest BCUT2D eigenvalue weighted by Gasteiger charge is -2.36. The standard InChI is InChI=1S/C21H29N3O5S/c1-27-18-6-4-17(5-7-18)24-14-12-23(13-15-24)11-10-22-30(25,26)21-9-8-19(28-2)16-20(21)29-3/h4-9,16,22H,10-15H2,1-3H3. The fourth-order valence-corrected chi connectivity index (χ4v) is 4.61. The number of nitrogens with one attached hydrogen (secondary N) is 1. The molecule has 0 spiro atoms. The van der Waals surface area contributed by atoms with Gasteiger partial charge in [0.1, 0.15) is 22.1 Å². The van der Waals surface area contributed by atoms with Crippen LogP contribution in [-0.4, -0.2) is 73.9 Å². The molecule has 2 aromatic carbocycles. The van der Waals surface area contributed by atoms with Gasteiger partial charge in [-0.2, -0.15) is 0 Å². The van der Waals surface area contributed by atoms with Crippen molar-refractivity contribution in [3.05, 3.63) is 42.5 Å². The average Bonchev–Trinajstić information content (AvgIpc) is 2.79. The van der Waals surface area contributed by atoms with Crippen molar-refractivity contribution in [2.24, 2.45) is 0 Å². The van der Waals surface area contributed by atoms with E-state index in [0.29, 0.717) is 18.8 Å². The topological polar surface area (TPSA) is 80.3 Å². The average molecular weight is 436 g/mol. The highest BCUT2D eigenvalue weighted by Crippen LogP contribution is 2.28. The van der Waals surface area contributed by atoms with Crippen LogP contribution in [0, 0.1) is 0 Å². The number of nitrogens with zero attached hydrogens (tertiary/aromatic N) is 2. The van der Waals surface area contributed by atoms with Crippen LogP contribution in [0.4, 0.5) is 5.69 Å². The number of sulfonamides is 1. The Morgan fingerprint density at radius 3 is 2.10 bits per heavy atom. The smallest absolute Gasteiger partial charge is 0.244 e. The van der Waals surface area contributed by atoms with Crippen LogP contribution in [0.15, 0.2) is 47.4 Å².